The van der Waals surface area contributed by atoms with E-state index in [4.69, 9.17) is 15.0 Å². The molecule has 8 rings (SSSR count). The van der Waals surface area contributed by atoms with Gasteiger partial charge in [-0.15, -0.1) is 0 Å². The van der Waals surface area contributed by atoms with E-state index in [0.29, 0.717) is 34.3 Å². The Bertz CT molecular complexity index is 2380. The van der Waals surface area contributed by atoms with Crippen molar-refractivity contribution in [2.24, 2.45) is 0 Å². The number of hydrogen-bond donors (Lipinski definition) is 0. The first-order chi connectivity index (χ1) is 23.7. The van der Waals surface area contributed by atoms with Crippen molar-refractivity contribution in [1.82, 2.24) is 19.5 Å². The number of halogens is 3. The second-order valence-corrected chi connectivity index (χ2v) is 12.2. The van der Waals surface area contributed by atoms with Crippen LogP contribution in [0.5, 0.6) is 0 Å². The van der Waals surface area contributed by atoms with Crippen LogP contribution in [0.3, 0.4) is 0 Å². The Hall–Kier alpha value is -6.08. The fraction of sp³-hybridized carbons (Fsp3) is 0.0714. The molecule has 6 aromatic carbocycles. The highest BCUT2D eigenvalue weighted by atomic mass is 19.4. The van der Waals surface area contributed by atoms with E-state index in [-0.39, 0.29) is 5.56 Å². The fourth-order valence-electron chi connectivity index (χ4n) is 6.48. The first-order valence-corrected chi connectivity index (χ1v) is 15.9. The number of rotatable bonds is 5. The molecule has 0 spiro atoms. The van der Waals surface area contributed by atoms with Crippen molar-refractivity contribution in [2.75, 3.05) is 0 Å². The van der Waals surface area contributed by atoms with E-state index >= 15 is 0 Å². The lowest BCUT2D eigenvalue weighted by atomic mass is 9.96. The van der Waals surface area contributed by atoms with Gasteiger partial charge in [-0.25, -0.2) is 15.0 Å². The summed E-state index contributed by atoms with van der Waals surface area (Å²) in [6.07, 6.45) is -4.55. The molecule has 4 nitrogen and oxygen atoms in total. The van der Waals surface area contributed by atoms with Gasteiger partial charge >= 0.3 is 6.18 Å². The highest BCUT2D eigenvalue weighted by Gasteiger charge is 2.34. The molecule has 8 aromatic rings. The Balaban J connectivity index is 1.46. The zero-order valence-electron chi connectivity index (χ0n) is 26.7. The standard InChI is InChI=1S/C42H29F3N4/c1-26-17-20-33-34-21-18-27(2)24-37(34)49(36(33)23-26)38-25-30(19-22-32(38)31-15-9-10-16-35(31)42(43,44)45)41-47-39(28-11-5-3-6-12-28)46-40(48-41)29-13-7-4-8-14-29/h3-25H,1-2H3. The zero-order chi connectivity index (χ0) is 33.7. The summed E-state index contributed by atoms with van der Waals surface area (Å²) in [6.45, 7) is 4.04. The first-order valence-electron chi connectivity index (χ1n) is 15.9. The van der Waals surface area contributed by atoms with Gasteiger partial charge in [-0.05, 0) is 54.8 Å². The third-order valence-electron chi connectivity index (χ3n) is 8.80. The molecule has 0 amide bonds. The van der Waals surface area contributed by atoms with Crippen LogP contribution in [0.4, 0.5) is 13.2 Å². The molecular formula is C42H29F3N4. The Labute approximate surface area is 281 Å². The molecule has 0 N–H and O–H groups in total. The maximum absolute atomic E-state index is 14.5. The summed E-state index contributed by atoms with van der Waals surface area (Å²) in [5.41, 5.74) is 6.61. The lowest BCUT2D eigenvalue weighted by Crippen LogP contribution is -2.08. The monoisotopic (exact) mass is 646 g/mol. The molecule has 0 radical (unpaired) electrons. The minimum Gasteiger partial charge on any atom is -0.309 e. The third-order valence-corrected chi connectivity index (χ3v) is 8.80. The van der Waals surface area contributed by atoms with Gasteiger partial charge in [0.05, 0.1) is 22.3 Å². The van der Waals surface area contributed by atoms with Crippen molar-refractivity contribution in [3.8, 4) is 51.0 Å². The van der Waals surface area contributed by atoms with Crippen molar-refractivity contribution < 1.29 is 13.2 Å². The summed E-state index contributed by atoms with van der Waals surface area (Å²) >= 11 is 0. The highest BCUT2D eigenvalue weighted by molar-refractivity contribution is 6.10. The molecular weight excluding hydrogens is 617 g/mol. The van der Waals surface area contributed by atoms with E-state index < -0.39 is 11.7 Å². The highest BCUT2D eigenvalue weighted by Crippen LogP contribution is 2.43. The van der Waals surface area contributed by atoms with Crippen LogP contribution in [0.25, 0.3) is 72.8 Å². The molecule has 0 bridgehead atoms. The molecule has 0 atom stereocenters. The molecule has 0 aliphatic rings. The maximum atomic E-state index is 14.5. The quantitative estimate of drug-likeness (QED) is 0.187. The fourth-order valence-corrected chi connectivity index (χ4v) is 6.48. The minimum atomic E-state index is -4.55. The summed E-state index contributed by atoms with van der Waals surface area (Å²) in [7, 11) is 0. The van der Waals surface area contributed by atoms with Gasteiger partial charge in [-0.1, -0.05) is 115 Å². The Morgan fingerprint density at radius 2 is 0.959 bits per heavy atom. The van der Waals surface area contributed by atoms with E-state index in [2.05, 4.69) is 41.0 Å². The van der Waals surface area contributed by atoms with Gasteiger partial charge in [0.25, 0.3) is 0 Å². The molecule has 0 unspecified atom stereocenters. The van der Waals surface area contributed by atoms with Gasteiger partial charge in [0.1, 0.15) is 0 Å². The van der Waals surface area contributed by atoms with Crippen molar-refractivity contribution >= 4 is 21.8 Å². The number of alkyl halides is 3. The number of aryl methyl sites for hydroxylation is 2. The van der Waals surface area contributed by atoms with E-state index in [1.54, 1.807) is 18.2 Å². The lowest BCUT2D eigenvalue weighted by molar-refractivity contribution is -0.137. The van der Waals surface area contributed by atoms with Crippen LogP contribution in [-0.2, 0) is 6.18 Å². The topological polar surface area (TPSA) is 43.6 Å². The molecule has 49 heavy (non-hydrogen) atoms. The SMILES string of the molecule is Cc1ccc2c3ccc(C)cc3n(-c3cc(-c4nc(-c5ccccc5)nc(-c5ccccc5)n4)ccc3-c3ccccc3C(F)(F)F)c2c1. The number of benzene rings is 6. The van der Waals surface area contributed by atoms with Crippen molar-refractivity contribution in [2.45, 2.75) is 20.0 Å². The summed E-state index contributed by atoms with van der Waals surface area (Å²) in [5.74, 6) is 1.42. The van der Waals surface area contributed by atoms with Crippen LogP contribution in [0.2, 0.25) is 0 Å². The van der Waals surface area contributed by atoms with Crippen LogP contribution in [0.1, 0.15) is 16.7 Å². The predicted octanol–water partition coefficient (Wildman–Crippen LogP) is 11.3. The molecule has 0 saturated carbocycles. The largest absolute Gasteiger partial charge is 0.417 e. The molecule has 7 heteroatoms. The van der Waals surface area contributed by atoms with Crippen LogP contribution in [0.15, 0.2) is 140 Å². The van der Waals surface area contributed by atoms with Gasteiger partial charge in [-0.3, -0.25) is 0 Å². The summed E-state index contributed by atoms with van der Waals surface area (Å²) < 4.78 is 45.7. The second-order valence-electron chi connectivity index (χ2n) is 12.2. The molecule has 0 saturated heterocycles. The van der Waals surface area contributed by atoms with Gasteiger partial charge in [0.2, 0.25) is 0 Å². The van der Waals surface area contributed by atoms with Gasteiger partial charge in [0.15, 0.2) is 17.5 Å². The Kier molecular flexibility index (Phi) is 7.33. The molecule has 0 fully saturated rings. The van der Waals surface area contributed by atoms with Crippen LogP contribution in [-0.4, -0.2) is 19.5 Å². The first kappa shape index (κ1) is 30.3. The minimum absolute atomic E-state index is 0.0949. The van der Waals surface area contributed by atoms with Crippen molar-refractivity contribution in [1.29, 1.82) is 0 Å². The van der Waals surface area contributed by atoms with Gasteiger partial charge in [0, 0.05) is 33.0 Å². The third kappa shape index (κ3) is 5.53. The lowest BCUT2D eigenvalue weighted by Gasteiger charge is -2.19. The number of fused-ring (bicyclic) bond motifs is 3. The normalized spacial score (nSPS) is 11.8. The van der Waals surface area contributed by atoms with E-state index in [0.717, 1.165) is 50.1 Å². The summed E-state index contributed by atoms with van der Waals surface area (Å²) in [4.78, 5) is 14.7. The summed E-state index contributed by atoms with van der Waals surface area (Å²) in [5, 5.41) is 2.03. The van der Waals surface area contributed by atoms with E-state index in [9.17, 15) is 13.2 Å². The van der Waals surface area contributed by atoms with Gasteiger partial charge < -0.3 is 4.57 Å². The Morgan fingerprint density at radius 1 is 0.469 bits per heavy atom. The Morgan fingerprint density at radius 3 is 1.49 bits per heavy atom. The van der Waals surface area contributed by atoms with Gasteiger partial charge in [-0.2, -0.15) is 13.2 Å². The van der Waals surface area contributed by atoms with Crippen molar-refractivity contribution in [3.05, 3.63) is 156 Å². The molecule has 238 valence electrons. The average molecular weight is 647 g/mol. The molecule has 0 aliphatic carbocycles. The summed E-state index contributed by atoms with van der Waals surface area (Å²) in [6, 6.07) is 43.0. The number of hydrogen-bond acceptors (Lipinski definition) is 3. The van der Waals surface area contributed by atoms with E-state index in [1.165, 1.54) is 12.1 Å². The van der Waals surface area contributed by atoms with Crippen LogP contribution >= 0.6 is 0 Å². The molecule has 2 aromatic heterocycles. The maximum Gasteiger partial charge on any atom is 0.417 e. The van der Waals surface area contributed by atoms with Crippen molar-refractivity contribution in [3.63, 3.8) is 0 Å². The number of nitrogens with zero attached hydrogens (tertiary/aromatic N) is 4. The molecule has 2 heterocycles. The zero-order valence-corrected chi connectivity index (χ0v) is 26.7. The average Bonchev–Trinajstić information content (AvgIpc) is 3.43. The van der Waals surface area contributed by atoms with E-state index in [1.807, 2.05) is 80.6 Å². The number of aromatic nitrogens is 4. The smallest absolute Gasteiger partial charge is 0.309 e. The second kappa shape index (κ2) is 11.9. The predicted molar refractivity (Wildman–Crippen MR) is 190 cm³/mol. The van der Waals surface area contributed by atoms with Crippen LogP contribution < -0.4 is 0 Å². The van der Waals surface area contributed by atoms with Crippen LogP contribution in [0, 0.1) is 13.8 Å². The molecule has 0 aliphatic heterocycles.